The van der Waals surface area contributed by atoms with Crippen molar-refractivity contribution in [3.05, 3.63) is 35.9 Å². The molecule has 3 heteroatoms. The summed E-state index contributed by atoms with van der Waals surface area (Å²) in [4.78, 5) is 5.21. The molecule has 0 amide bonds. The SMILES string of the molecule is OOC(C1C2CCCC1CCC2)[C@](O)(c1ccccc1)C1CCCC1. The van der Waals surface area contributed by atoms with Crippen LogP contribution in [0.5, 0.6) is 0 Å². The van der Waals surface area contributed by atoms with Crippen LogP contribution in [0.4, 0.5) is 0 Å². The number of aliphatic hydroxyl groups is 1. The van der Waals surface area contributed by atoms with Crippen LogP contribution in [0.3, 0.4) is 0 Å². The van der Waals surface area contributed by atoms with Gasteiger partial charge >= 0.3 is 0 Å². The van der Waals surface area contributed by atoms with Crippen molar-refractivity contribution in [3.63, 3.8) is 0 Å². The largest absolute Gasteiger partial charge is 0.382 e. The molecule has 2 N–H and O–H groups in total. The van der Waals surface area contributed by atoms with Gasteiger partial charge in [0.15, 0.2) is 0 Å². The van der Waals surface area contributed by atoms with Crippen molar-refractivity contribution in [3.8, 4) is 0 Å². The second-order valence-electron chi connectivity index (χ2n) is 8.66. The van der Waals surface area contributed by atoms with E-state index in [9.17, 15) is 10.4 Å². The topological polar surface area (TPSA) is 49.7 Å². The Kier molecular flexibility index (Phi) is 5.17. The van der Waals surface area contributed by atoms with Crippen LogP contribution >= 0.6 is 0 Å². The normalized spacial score (nSPS) is 33.8. The van der Waals surface area contributed by atoms with Gasteiger partial charge in [0.1, 0.15) is 11.7 Å². The first-order chi connectivity index (χ1) is 12.2. The second kappa shape index (κ2) is 7.38. The molecule has 0 aliphatic heterocycles. The Morgan fingerprint density at radius 1 is 0.840 bits per heavy atom. The molecule has 1 aromatic rings. The van der Waals surface area contributed by atoms with Crippen LogP contribution in [-0.2, 0) is 10.5 Å². The Morgan fingerprint density at radius 2 is 1.40 bits per heavy atom. The highest BCUT2D eigenvalue weighted by Gasteiger charge is 2.54. The Balaban J connectivity index is 1.74. The van der Waals surface area contributed by atoms with Crippen LogP contribution in [0.15, 0.2) is 30.3 Å². The second-order valence-corrected chi connectivity index (χ2v) is 8.66. The predicted octanol–water partition coefficient (Wildman–Crippen LogP) is 5.14. The van der Waals surface area contributed by atoms with Crippen LogP contribution < -0.4 is 0 Å². The van der Waals surface area contributed by atoms with Crippen LogP contribution in [0.2, 0.25) is 0 Å². The summed E-state index contributed by atoms with van der Waals surface area (Å²) in [6, 6.07) is 10.0. The fourth-order valence-corrected chi connectivity index (χ4v) is 6.37. The molecule has 2 bridgehead atoms. The van der Waals surface area contributed by atoms with Crippen molar-refractivity contribution in [1.82, 2.24) is 0 Å². The van der Waals surface area contributed by atoms with Gasteiger partial charge in [-0.1, -0.05) is 81.7 Å². The molecule has 1 unspecified atom stereocenters. The first-order valence-electron chi connectivity index (χ1n) is 10.3. The zero-order valence-corrected chi connectivity index (χ0v) is 15.1. The van der Waals surface area contributed by atoms with Gasteiger partial charge in [-0.2, -0.15) is 0 Å². The molecule has 0 saturated heterocycles. The van der Waals surface area contributed by atoms with E-state index in [4.69, 9.17) is 4.89 Å². The molecule has 3 fully saturated rings. The molecule has 2 atom stereocenters. The quantitative estimate of drug-likeness (QED) is 0.574. The fraction of sp³-hybridized carbons (Fsp3) is 0.727. The Hall–Kier alpha value is -0.900. The first kappa shape index (κ1) is 17.5. The molecule has 3 nitrogen and oxygen atoms in total. The van der Waals surface area contributed by atoms with E-state index < -0.39 is 11.7 Å². The minimum atomic E-state index is -1.08. The van der Waals surface area contributed by atoms with E-state index in [1.807, 2.05) is 30.3 Å². The van der Waals surface area contributed by atoms with E-state index in [0.29, 0.717) is 11.8 Å². The molecule has 4 rings (SSSR count). The highest BCUT2D eigenvalue weighted by molar-refractivity contribution is 5.26. The molecule has 0 heterocycles. The Bertz CT molecular complexity index is 532. The van der Waals surface area contributed by atoms with E-state index in [1.54, 1.807) is 0 Å². The van der Waals surface area contributed by atoms with Gasteiger partial charge in [-0.3, -0.25) is 5.26 Å². The van der Waals surface area contributed by atoms with Gasteiger partial charge in [-0.25, -0.2) is 4.89 Å². The van der Waals surface area contributed by atoms with Gasteiger partial charge in [0, 0.05) is 0 Å². The van der Waals surface area contributed by atoms with Crippen molar-refractivity contribution in [2.45, 2.75) is 75.9 Å². The van der Waals surface area contributed by atoms with Gasteiger partial charge in [0.05, 0.1) is 0 Å². The van der Waals surface area contributed by atoms with E-state index >= 15 is 0 Å². The van der Waals surface area contributed by atoms with Gasteiger partial charge in [0.2, 0.25) is 0 Å². The molecule has 0 spiro atoms. The predicted molar refractivity (Wildman–Crippen MR) is 98.0 cm³/mol. The Labute approximate surface area is 151 Å². The molecule has 0 radical (unpaired) electrons. The molecular weight excluding hydrogens is 312 g/mol. The highest BCUT2D eigenvalue weighted by Crippen LogP contribution is 2.53. The zero-order valence-electron chi connectivity index (χ0n) is 15.1. The maximum atomic E-state index is 12.1. The lowest BCUT2D eigenvalue weighted by molar-refractivity contribution is -0.349. The van der Waals surface area contributed by atoms with E-state index in [0.717, 1.165) is 31.2 Å². The summed E-state index contributed by atoms with van der Waals surface area (Å²) in [7, 11) is 0. The number of hydrogen-bond donors (Lipinski definition) is 2. The summed E-state index contributed by atoms with van der Waals surface area (Å²) in [5.74, 6) is 1.62. The van der Waals surface area contributed by atoms with Crippen LogP contribution in [0, 0.1) is 23.7 Å². The van der Waals surface area contributed by atoms with Gasteiger partial charge < -0.3 is 5.11 Å². The Morgan fingerprint density at radius 3 is 1.92 bits per heavy atom. The van der Waals surface area contributed by atoms with Gasteiger partial charge in [-0.05, 0) is 42.1 Å². The summed E-state index contributed by atoms with van der Waals surface area (Å²) >= 11 is 0. The molecule has 138 valence electrons. The average Bonchev–Trinajstić information content (AvgIpc) is 3.18. The van der Waals surface area contributed by atoms with E-state index in [2.05, 4.69) is 0 Å². The highest BCUT2D eigenvalue weighted by atomic mass is 17.1. The standard InChI is InChI=1S/C22H32O3/c23-22(19-14-4-5-15-19,18-12-2-1-3-13-18)21(25-24)20-16-8-6-9-17(20)11-7-10-16/h1-3,12-13,16-17,19-21,23-24H,4-11,14-15H2/t16?,17?,20?,21?,22-/m0/s1. The maximum Gasteiger partial charge on any atom is 0.129 e. The zero-order chi connectivity index (χ0) is 17.3. The average molecular weight is 344 g/mol. The number of benzene rings is 1. The molecular formula is C22H32O3. The van der Waals surface area contributed by atoms with Crippen LogP contribution in [-0.4, -0.2) is 16.5 Å². The van der Waals surface area contributed by atoms with Crippen molar-refractivity contribution in [2.24, 2.45) is 23.7 Å². The third kappa shape index (κ3) is 3.05. The lowest BCUT2D eigenvalue weighted by Crippen LogP contribution is -2.55. The lowest BCUT2D eigenvalue weighted by atomic mass is 9.58. The smallest absolute Gasteiger partial charge is 0.129 e. The third-order valence-corrected chi connectivity index (χ3v) is 7.50. The summed E-state index contributed by atoms with van der Waals surface area (Å²) in [6.07, 6.45) is 11.3. The molecule has 3 saturated carbocycles. The number of hydrogen-bond acceptors (Lipinski definition) is 3. The van der Waals surface area contributed by atoms with Crippen molar-refractivity contribution < 1.29 is 15.3 Å². The summed E-state index contributed by atoms with van der Waals surface area (Å²) in [5, 5.41) is 22.1. The van der Waals surface area contributed by atoms with Crippen LogP contribution in [0.1, 0.15) is 69.8 Å². The monoisotopic (exact) mass is 344 g/mol. The molecule has 3 aliphatic carbocycles. The molecule has 1 aromatic carbocycles. The van der Waals surface area contributed by atoms with Crippen LogP contribution in [0.25, 0.3) is 0 Å². The number of rotatable bonds is 5. The third-order valence-electron chi connectivity index (χ3n) is 7.50. The minimum absolute atomic E-state index is 0.176. The number of fused-ring (bicyclic) bond motifs is 2. The maximum absolute atomic E-state index is 12.1. The van der Waals surface area contributed by atoms with Gasteiger partial charge in [0.25, 0.3) is 0 Å². The summed E-state index contributed by atoms with van der Waals surface area (Å²) in [5.41, 5.74) is -0.160. The molecule has 0 aromatic heterocycles. The van der Waals surface area contributed by atoms with E-state index in [-0.39, 0.29) is 11.8 Å². The van der Waals surface area contributed by atoms with E-state index in [1.165, 1.54) is 38.5 Å². The lowest BCUT2D eigenvalue weighted by Gasteiger charge is -2.51. The van der Waals surface area contributed by atoms with Gasteiger partial charge in [-0.15, -0.1) is 0 Å². The molecule has 25 heavy (non-hydrogen) atoms. The van der Waals surface area contributed by atoms with Crippen molar-refractivity contribution >= 4 is 0 Å². The first-order valence-corrected chi connectivity index (χ1v) is 10.3. The minimum Gasteiger partial charge on any atom is -0.382 e. The summed E-state index contributed by atoms with van der Waals surface area (Å²) < 4.78 is 0. The summed E-state index contributed by atoms with van der Waals surface area (Å²) in [6.45, 7) is 0. The fourth-order valence-electron chi connectivity index (χ4n) is 6.37. The van der Waals surface area contributed by atoms with Crippen molar-refractivity contribution in [1.29, 1.82) is 0 Å². The molecule has 3 aliphatic rings. The van der Waals surface area contributed by atoms with Crippen molar-refractivity contribution in [2.75, 3.05) is 0 Å².